The van der Waals surface area contributed by atoms with Crippen LogP contribution in [0.3, 0.4) is 0 Å². The Morgan fingerprint density at radius 1 is 0.976 bits per heavy atom. The topological polar surface area (TPSA) is 46.8 Å². The maximum absolute atomic E-state index is 13.7. The number of amides is 1. The average molecular weight is 564 g/mol. The lowest BCUT2D eigenvalue weighted by Crippen LogP contribution is -2.28. The number of nitrogens with zero attached hydrogens (tertiary/aromatic N) is 3. The van der Waals surface area contributed by atoms with Crippen LogP contribution in [0.5, 0.6) is 5.75 Å². The fourth-order valence-corrected chi connectivity index (χ4v) is 6.14. The standard InChI is InChI=1S/C34H30FN3O2S/c1-23-7-11-26(12-8-23)32-19-30(25-13-17-28(40-2)18-14-25)36-38(32)34(39)22-41-33-21-37(31-6-4-3-5-29(31)33)20-24-9-15-27(35)16-10-24/h3-18,21,32H,19-20,22H2,1-2H3/t32-/m1/s1. The molecule has 5 aromatic rings. The number of ether oxygens (including phenoxy) is 1. The third kappa shape index (κ3) is 5.77. The molecule has 0 aliphatic carbocycles. The second kappa shape index (κ2) is 11.6. The second-order valence-electron chi connectivity index (χ2n) is 10.2. The molecule has 2 heterocycles. The minimum absolute atomic E-state index is 0.0422. The molecule has 0 unspecified atom stereocenters. The van der Waals surface area contributed by atoms with Crippen molar-refractivity contribution in [1.82, 2.24) is 9.58 Å². The SMILES string of the molecule is COc1ccc(C2=NN(C(=O)CSc3cn(Cc4ccc(F)cc4)c4ccccc34)[C@@H](c3ccc(C)cc3)C2)cc1. The van der Waals surface area contributed by atoms with Gasteiger partial charge < -0.3 is 9.30 Å². The van der Waals surface area contributed by atoms with Crippen molar-refractivity contribution in [3.05, 3.63) is 131 Å². The van der Waals surface area contributed by atoms with Crippen LogP contribution < -0.4 is 4.74 Å². The van der Waals surface area contributed by atoms with Gasteiger partial charge in [-0.2, -0.15) is 5.10 Å². The second-order valence-corrected chi connectivity index (χ2v) is 11.2. The van der Waals surface area contributed by atoms with Gasteiger partial charge >= 0.3 is 0 Å². The van der Waals surface area contributed by atoms with Gasteiger partial charge in [0.2, 0.25) is 0 Å². The molecule has 0 spiro atoms. The predicted molar refractivity (Wildman–Crippen MR) is 163 cm³/mol. The number of rotatable bonds is 8. The first-order chi connectivity index (χ1) is 20.0. The van der Waals surface area contributed by atoms with E-state index in [-0.39, 0.29) is 23.5 Å². The summed E-state index contributed by atoms with van der Waals surface area (Å²) in [5.74, 6) is 0.751. The van der Waals surface area contributed by atoms with Crippen molar-refractivity contribution in [3.63, 3.8) is 0 Å². The first-order valence-corrected chi connectivity index (χ1v) is 14.5. The summed E-state index contributed by atoms with van der Waals surface area (Å²) in [6, 6.07) is 30.7. The number of hydrogen-bond acceptors (Lipinski definition) is 4. The number of fused-ring (bicyclic) bond motifs is 1. The van der Waals surface area contributed by atoms with Gasteiger partial charge in [-0.3, -0.25) is 4.79 Å². The van der Waals surface area contributed by atoms with Gasteiger partial charge in [-0.25, -0.2) is 9.40 Å². The number of aryl methyl sites for hydroxylation is 1. The van der Waals surface area contributed by atoms with E-state index in [1.807, 2.05) is 36.4 Å². The van der Waals surface area contributed by atoms with Gasteiger partial charge in [0.05, 0.1) is 24.6 Å². The highest BCUT2D eigenvalue weighted by Crippen LogP contribution is 2.36. The summed E-state index contributed by atoms with van der Waals surface area (Å²) >= 11 is 1.52. The van der Waals surface area contributed by atoms with E-state index in [0.29, 0.717) is 13.0 Å². The van der Waals surface area contributed by atoms with Crippen LogP contribution in [-0.2, 0) is 11.3 Å². The molecule has 1 aromatic heterocycles. The van der Waals surface area contributed by atoms with E-state index < -0.39 is 0 Å². The fraction of sp³-hybridized carbons (Fsp3) is 0.176. The van der Waals surface area contributed by atoms with Crippen LogP contribution in [0.15, 0.2) is 113 Å². The van der Waals surface area contributed by atoms with Crippen molar-refractivity contribution < 1.29 is 13.9 Å². The van der Waals surface area contributed by atoms with Gasteiger partial charge in [-0.15, -0.1) is 11.8 Å². The fourth-order valence-electron chi connectivity index (χ4n) is 5.20. The number of benzene rings is 4. The van der Waals surface area contributed by atoms with Crippen molar-refractivity contribution in [2.75, 3.05) is 12.9 Å². The Morgan fingerprint density at radius 2 is 1.71 bits per heavy atom. The van der Waals surface area contributed by atoms with Crippen molar-refractivity contribution in [2.24, 2.45) is 5.10 Å². The molecule has 0 fully saturated rings. The quantitative estimate of drug-likeness (QED) is 0.183. The van der Waals surface area contributed by atoms with Gasteiger partial charge in [-0.05, 0) is 66.1 Å². The van der Waals surface area contributed by atoms with Gasteiger partial charge in [0.1, 0.15) is 11.6 Å². The number of halogens is 1. The van der Waals surface area contributed by atoms with Crippen molar-refractivity contribution in [3.8, 4) is 5.75 Å². The highest BCUT2D eigenvalue weighted by Gasteiger charge is 2.33. The van der Waals surface area contributed by atoms with E-state index >= 15 is 0 Å². The Morgan fingerprint density at radius 3 is 2.44 bits per heavy atom. The molecule has 0 bridgehead atoms. The van der Waals surface area contributed by atoms with E-state index in [4.69, 9.17) is 9.84 Å². The minimum Gasteiger partial charge on any atom is -0.497 e. The number of para-hydroxylation sites is 1. The number of methoxy groups -OCH3 is 1. The van der Waals surface area contributed by atoms with Gasteiger partial charge in [0, 0.05) is 35.0 Å². The molecule has 1 aliphatic rings. The molecule has 206 valence electrons. The normalized spacial score (nSPS) is 14.9. The molecule has 6 rings (SSSR count). The summed E-state index contributed by atoms with van der Waals surface area (Å²) in [7, 11) is 1.65. The van der Waals surface area contributed by atoms with Gasteiger partial charge in [0.15, 0.2) is 0 Å². The molecular weight excluding hydrogens is 533 g/mol. The van der Waals surface area contributed by atoms with E-state index in [1.165, 1.54) is 29.5 Å². The first-order valence-electron chi connectivity index (χ1n) is 13.5. The third-order valence-electron chi connectivity index (χ3n) is 7.42. The molecule has 41 heavy (non-hydrogen) atoms. The zero-order valence-corrected chi connectivity index (χ0v) is 23.8. The number of carbonyl (C=O) groups is 1. The Kier molecular flexibility index (Phi) is 7.61. The molecule has 4 aromatic carbocycles. The molecular formula is C34H30FN3O2S. The molecule has 0 saturated heterocycles. The van der Waals surface area contributed by atoms with Crippen LogP contribution in [0.4, 0.5) is 4.39 Å². The van der Waals surface area contributed by atoms with Crippen LogP contribution in [0.1, 0.15) is 34.7 Å². The van der Waals surface area contributed by atoms with E-state index in [2.05, 4.69) is 54.1 Å². The lowest BCUT2D eigenvalue weighted by atomic mass is 9.97. The Balaban J connectivity index is 1.25. The van der Waals surface area contributed by atoms with Crippen molar-refractivity contribution in [1.29, 1.82) is 0 Å². The molecule has 7 heteroatoms. The lowest BCUT2D eigenvalue weighted by Gasteiger charge is -2.22. The van der Waals surface area contributed by atoms with E-state index in [1.54, 1.807) is 24.3 Å². The van der Waals surface area contributed by atoms with Gasteiger partial charge in [-0.1, -0.05) is 60.2 Å². The van der Waals surface area contributed by atoms with E-state index in [0.717, 1.165) is 43.9 Å². The highest BCUT2D eigenvalue weighted by molar-refractivity contribution is 8.00. The zero-order chi connectivity index (χ0) is 28.3. The molecule has 1 atom stereocenters. The summed E-state index contributed by atoms with van der Waals surface area (Å²) in [4.78, 5) is 14.8. The largest absolute Gasteiger partial charge is 0.497 e. The van der Waals surface area contributed by atoms with Crippen molar-refractivity contribution in [2.45, 2.75) is 30.8 Å². The Labute approximate surface area is 243 Å². The molecule has 5 nitrogen and oxygen atoms in total. The monoisotopic (exact) mass is 563 g/mol. The number of hydrazone groups is 1. The number of carbonyl (C=O) groups excluding carboxylic acids is 1. The summed E-state index contributed by atoms with van der Waals surface area (Å²) < 4.78 is 20.9. The minimum atomic E-state index is -0.246. The van der Waals surface area contributed by atoms with Crippen molar-refractivity contribution >= 4 is 34.3 Å². The van der Waals surface area contributed by atoms with E-state index in [9.17, 15) is 9.18 Å². The maximum atomic E-state index is 13.7. The molecule has 0 radical (unpaired) electrons. The van der Waals surface area contributed by atoms with Crippen LogP contribution in [0.25, 0.3) is 10.9 Å². The summed E-state index contributed by atoms with van der Waals surface area (Å²) in [6.45, 7) is 2.68. The number of aromatic nitrogens is 1. The first kappa shape index (κ1) is 26.8. The highest BCUT2D eigenvalue weighted by atomic mass is 32.2. The average Bonchev–Trinajstić information content (AvgIpc) is 3.60. The van der Waals surface area contributed by atoms with Crippen LogP contribution in [0, 0.1) is 12.7 Å². The van der Waals surface area contributed by atoms with Crippen LogP contribution in [-0.4, -0.2) is 34.1 Å². The predicted octanol–water partition coefficient (Wildman–Crippen LogP) is 7.62. The maximum Gasteiger partial charge on any atom is 0.253 e. The summed E-state index contributed by atoms with van der Waals surface area (Å²) in [5, 5.41) is 7.60. The molecule has 1 aliphatic heterocycles. The zero-order valence-electron chi connectivity index (χ0n) is 23.0. The van der Waals surface area contributed by atoms with Crippen LogP contribution in [0.2, 0.25) is 0 Å². The Hall–Kier alpha value is -4.36. The lowest BCUT2D eigenvalue weighted by molar-refractivity contribution is -0.130. The molecule has 0 N–H and O–H groups in total. The van der Waals surface area contributed by atoms with Gasteiger partial charge in [0.25, 0.3) is 5.91 Å². The molecule has 0 saturated carbocycles. The van der Waals surface area contributed by atoms with Crippen LogP contribution >= 0.6 is 11.8 Å². The molecule has 1 amide bonds. The summed E-state index contributed by atoms with van der Waals surface area (Å²) in [6.07, 6.45) is 2.72. The third-order valence-corrected chi connectivity index (χ3v) is 8.45. The summed E-state index contributed by atoms with van der Waals surface area (Å²) in [5.41, 5.74) is 6.19. The smallest absolute Gasteiger partial charge is 0.253 e. The number of hydrogen-bond donors (Lipinski definition) is 0. The number of thioether (sulfide) groups is 1. The Bertz CT molecular complexity index is 1710.